The fraction of sp³-hybridized carbons (Fsp3) is 0.575. The van der Waals surface area contributed by atoms with Gasteiger partial charge in [-0.25, -0.2) is 0 Å². The summed E-state index contributed by atoms with van der Waals surface area (Å²) in [5, 5.41) is 33.6. The molecule has 282 valence electrons. The van der Waals surface area contributed by atoms with Gasteiger partial charge in [0, 0.05) is 61.2 Å². The number of carbonyl (C=O) groups excluding carboxylic acids is 2. The molecule has 12 heteroatoms. The number of nitrogens with zero attached hydrogens (tertiary/aromatic N) is 4. The van der Waals surface area contributed by atoms with Crippen LogP contribution in [0.2, 0.25) is 0 Å². The summed E-state index contributed by atoms with van der Waals surface area (Å²) in [5.41, 5.74) is 5.69. The van der Waals surface area contributed by atoms with Gasteiger partial charge in [-0.05, 0) is 79.7 Å². The molecule has 2 heterocycles. The van der Waals surface area contributed by atoms with Gasteiger partial charge in [0.25, 0.3) is 5.91 Å². The van der Waals surface area contributed by atoms with Crippen molar-refractivity contribution in [1.82, 2.24) is 25.5 Å². The molecule has 4 aliphatic rings. The van der Waals surface area contributed by atoms with Gasteiger partial charge in [0.1, 0.15) is 17.9 Å². The van der Waals surface area contributed by atoms with Crippen LogP contribution in [-0.4, -0.2) is 89.0 Å². The van der Waals surface area contributed by atoms with Gasteiger partial charge < -0.3 is 30.5 Å². The second kappa shape index (κ2) is 14.8. The van der Waals surface area contributed by atoms with E-state index in [-0.39, 0.29) is 36.4 Å². The van der Waals surface area contributed by atoms with E-state index in [4.69, 9.17) is 9.57 Å². The highest BCUT2D eigenvalue weighted by molar-refractivity contribution is 5.97. The van der Waals surface area contributed by atoms with Gasteiger partial charge in [0.15, 0.2) is 0 Å². The molecule has 0 radical (unpaired) electrons. The molecule has 1 aliphatic heterocycles. The molecule has 0 unspecified atom stereocenters. The quantitative estimate of drug-likeness (QED) is 0.219. The van der Waals surface area contributed by atoms with Gasteiger partial charge in [-0.15, -0.1) is 0 Å². The second-order valence-electron chi connectivity index (χ2n) is 16.0. The van der Waals surface area contributed by atoms with Crippen LogP contribution >= 0.6 is 0 Å². The number of aliphatic hydroxyl groups excluding tert-OH is 2. The summed E-state index contributed by atoms with van der Waals surface area (Å²) >= 11 is 0. The molecule has 4 fully saturated rings. The standard InChI is InChI=1S/C40H56N6O6/c1-22-13-29(43-45(22)8)19-41-38(49)27-14-26(15-30(16-27)44(6)7)31-12-10-11-25(37(31)51-9)20-46-36(35(24(3)48)34(21-47)52-46)39(50)42-33-18-28-17-32(23(33)2)40(28,4)5/h10-16,23-24,28,32-36,47-48H,17-21H2,1-9H3,(H,41,49)(H,42,50)/t23-,24-,28-,32-,33-,34-,35-,36-/m0/s1. The number of fused-ring (bicyclic) bond motifs is 2. The number of aromatic nitrogens is 2. The van der Waals surface area contributed by atoms with E-state index < -0.39 is 24.2 Å². The Balaban J connectivity index is 1.28. The van der Waals surface area contributed by atoms with E-state index in [9.17, 15) is 19.8 Å². The third kappa shape index (κ3) is 7.05. The summed E-state index contributed by atoms with van der Waals surface area (Å²) in [6, 6.07) is 12.6. The molecule has 2 bridgehead atoms. The Morgan fingerprint density at radius 2 is 1.92 bits per heavy atom. The number of rotatable bonds is 12. The Hall–Kier alpha value is -3.97. The Bertz CT molecular complexity index is 1770. The second-order valence-corrected chi connectivity index (χ2v) is 16.0. The fourth-order valence-electron chi connectivity index (χ4n) is 8.98. The number of hydrogen-bond donors (Lipinski definition) is 4. The van der Waals surface area contributed by atoms with E-state index in [1.807, 2.05) is 75.4 Å². The number of anilines is 1. The van der Waals surface area contributed by atoms with E-state index in [2.05, 4.69) is 36.5 Å². The molecule has 3 aromatic rings. The molecule has 0 spiro atoms. The molecular weight excluding hydrogens is 660 g/mol. The maximum absolute atomic E-state index is 14.2. The summed E-state index contributed by atoms with van der Waals surface area (Å²) < 4.78 is 7.83. The first-order chi connectivity index (χ1) is 24.6. The minimum atomic E-state index is -0.901. The SMILES string of the molecule is COc1c(CN2O[C@@H](CO)[C@H]([C@H](C)O)[C@H]2C(=O)N[C@H]2C[C@@H]3C[C@@H]([C@@H]2C)C3(C)C)cccc1-c1cc(C(=O)NCc2cc(C)n(C)n2)cc(N(C)C)c1. The van der Waals surface area contributed by atoms with Gasteiger partial charge in [0.05, 0.1) is 38.6 Å². The zero-order valence-corrected chi connectivity index (χ0v) is 32.0. The van der Waals surface area contributed by atoms with Crippen LogP contribution in [0.4, 0.5) is 5.69 Å². The minimum absolute atomic E-state index is 0.0373. The normalized spacial score (nSPS) is 27.1. The van der Waals surface area contributed by atoms with Crippen LogP contribution in [0.25, 0.3) is 11.1 Å². The van der Waals surface area contributed by atoms with E-state index in [0.717, 1.165) is 40.2 Å². The summed E-state index contributed by atoms with van der Waals surface area (Å²) in [4.78, 5) is 35.9. The maximum Gasteiger partial charge on any atom is 0.251 e. The molecule has 52 heavy (non-hydrogen) atoms. The lowest BCUT2D eigenvalue weighted by atomic mass is 9.45. The van der Waals surface area contributed by atoms with Crippen LogP contribution in [0.5, 0.6) is 5.75 Å². The number of hydrogen-bond acceptors (Lipinski definition) is 9. The van der Waals surface area contributed by atoms with Crippen molar-refractivity contribution in [2.45, 2.75) is 84.8 Å². The van der Waals surface area contributed by atoms with Gasteiger partial charge in [0.2, 0.25) is 5.91 Å². The molecule has 3 saturated carbocycles. The Morgan fingerprint density at radius 1 is 1.17 bits per heavy atom. The summed E-state index contributed by atoms with van der Waals surface area (Å²) in [6.45, 7) is 10.6. The summed E-state index contributed by atoms with van der Waals surface area (Å²) in [7, 11) is 7.32. The number of aliphatic hydroxyl groups is 2. The van der Waals surface area contributed by atoms with Crippen molar-refractivity contribution in [3.05, 3.63) is 65.0 Å². The van der Waals surface area contributed by atoms with Crippen molar-refractivity contribution in [3.63, 3.8) is 0 Å². The van der Waals surface area contributed by atoms with Crippen LogP contribution in [0.3, 0.4) is 0 Å². The molecule has 2 aromatic carbocycles. The van der Waals surface area contributed by atoms with Crippen molar-refractivity contribution in [1.29, 1.82) is 0 Å². The summed E-state index contributed by atoms with van der Waals surface area (Å²) in [5.74, 6) is 0.956. The third-order valence-corrected chi connectivity index (χ3v) is 12.3. The average Bonchev–Trinajstić information content (AvgIpc) is 3.65. The maximum atomic E-state index is 14.2. The zero-order chi connectivity index (χ0) is 37.6. The number of hydroxylamine groups is 2. The van der Waals surface area contributed by atoms with Gasteiger partial charge >= 0.3 is 0 Å². The first-order valence-electron chi connectivity index (χ1n) is 18.4. The lowest BCUT2D eigenvalue weighted by Crippen LogP contribution is -2.62. The monoisotopic (exact) mass is 716 g/mol. The van der Waals surface area contributed by atoms with Gasteiger partial charge in [-0.2, -0.15) is 10.2 Å². The largest absolute Gasteiger partial charge is 0.496 e. The number of benzene rings is 2. The lowest BCUT2D eigenvalue weighted by molar-refractivity contribution is -0.183. The third-order valence-electron chi connectivity index (χ3n) is 12.3. The topological polar surface area (TPSA) is 141 Å². The minimum Gasteiger partial charge on any atom is -0.496 e. The molecule has 8 atom stereocenters. The Labute approximate surface area is 307 Å². The number of para-hydroxylation sites is 1. The molecule has 1 saturated heterocycles. The molecule has 7 rings (SSSR count). The van der Waals surface area contributed by atoms with Crippen molar-refractivity contribution >= 4 is 17.5 Å². The molecule has 4 N–H and O–H groups in total. The lowest BCUT2D eigenvalue weighted by Gasteiger charge is -2.62. The number of aryl methyl sites for hydroxylation is 2. The predicted octanol–water partition coefficient (Wildman–Crippen LogP) is 4.06. The molecule has 2 amide bonds. The number of methoxy groups -OCH3 is 1. The first-order valence-corrected chi connectivity index (χ1v) is 18.4. The van der Waals surface area contributed by atoms with Crippen LogP contribution in [-0.2, 0) is 29.8 Å². The van der Waals surface area contributed by atoms with Crippen LogP contribution in [0.1, 0.15) is 67.8 Å². The average molecular weight is 717 g/mol. The van der Waals surface area contributed by atoms with E-state index in [0.29, 0.717) is 35.6 Å². The smallest absolute Gasteiger partial charge is 0.251 e. The Kier molecular flexibility index (Phi) is 10.8. The highest BCUT2D eigenvalue weighted by Crippen LogP contribution is 2.61. The molecule has 3 aliphatic carbocycles. The van der Waals surface area contributed by atoms with Crippen LogP contribution in [0, 0.1) is 36.0 Å². The van der Waals surface area contributed by atoms with Crippen molar-refractivity contribution in [2.24, 2.45) is 36.1 Å². The number of carbonyl (C=O) groups is 2. The van der Waals surface area contributed by atoms with E-state index in [1.165, 1.54) is 6.42 Å². The van der Waals surface area contributed by atoms with Crippen LogP contribution in [0.15, 0.2) is 42.5 Å². The first kappa shape index (κ1) is 37.8. The number of ether oxygens (including phenoxy) is 1. The molecule has 12 nitrogen and oxygen atoms in total. The van der Waals surface area contributed by atoms with Crippen molar-refractivity contribution in [3.8, 4) is 16.9 Å². The number of nitrogens with one attached hydrogen (secondary N) is 2. The predicted molar refractivity (Wildman–Crippen MR) is 199 cm³/mol. The van der Waals surface area contributed by atoms with Gasteiger partial charge in [-0.3, -0.25) is 19.1 Å². The van der Waals surface area contributed by atoms with E-state index in [1.54, 1.807) is 23.8 Å². The van der Waals surface area contributed by atoms with Gasteiger partial charge in [-0.1, -0.05) is 39.0 Å². The van der Waals surface area contributed by atoms with Crippen LogP contribution < -0.4 is 20.3 Å². The van der Waals surface area contributed by atoms with Crippen molar-refractivity contribution in [2.75, 3.05) is 32.7 Å². The van der Waals surface area contributed by atoms with E-state index >= 15 is 0 Å². The van der Waals surface area contributed by atoms with Crippen molar-refractivity contribution < 1.29 is 29.4 Å². The molecular formula is C40H56N6O6. The Morgan fingerprint density at radius 3 is 2.52 bits per heavy atom. The number of amides is 2. The summed E-state index contributed by atoms with van der Waals surface area (Å²) in [6.07, 6.45) is 0.473. The fourth-order valence-corrected chi connectivity index (χ4v) is 8.98. The highest BCUT2D eigenvalue weighted by atomic mass is 16.7. The molecule has 1 aromatic heterocycles. The highest BCUT2D eigenvalue weighted by Gasteiger charge is 2.57. The zero-order valence-electron chi connectivity index (χ0n) is 32.0.